The quantitative estimate of drug-likeness (QED) is 0.755. The minimum Gasteiger partial charge on any atom is -0.389 e. The van der Waals surface area contributed by atoms with Gasteiger partial charge in [-0.15, -0.1) is 11.3 Å². The van der Waals surface area contributed by atoms with Crippen molar-refractivity contribution in [2.24, 2.45) is 0 Å². The van der Waals surface area contributed by atoms with Crippen LogP contribution < -0.4 is 5.32 Å². The second kappa shape index (κ2) is 8.34. The molecule has 0 aromatic carbocycles. The molecule has 2 heterocycles. The lowest BCUT2D eigenvalue weighted by molar-refractivity contribution is -0.0164. The summed E-state index contributed by atoms with van der Waals surface area (Å²) in [6.07, 6.45) is 1.95. The van der Waals surface area contributed by atoms with Crippen LogP contribution in [0.3, 0.4) is 0 Å². The molecule has 1 fully saturated rings. The molecule has 4 nitrogen and oxygen atoms in total. The van der Waals surface area contributed by atoms with E-state index >= 15 is 0 Å². The molecule has 0 saturated carbocycles. The normalized spacial score (nSPS) is 20.8. The number of hydrogen-bond acceptors (Lipinski definition) is 5. The zero-order valence-corrected chi connectivity index (χ0v) is 13.2. The van der Waals surface area contributed by atoms with Crippen LogP contribution in [0, 0.1) is 0 Å². The van der Waals surface area contributed by atoms with E-state index in [4.69, 9.17) is 9.47 Å². The van der Waals surface area contributed by atoms with Gasteiger partial charge in [0.1, 0.15) is 0 Å². The van der Waals surface area contributed by atoms with Crippen molar-refractivity contribution in [3.63, 3.8) is 0 Å². The van der Waals surface area contributed by atoms with Crippen molar-refractivity contribution in [1.29, 1.82) is 0 Å². The van der Waals surface area contributed by atoms with Gasteiger partial charge < -0.3 is 19.9 Å². The van der Waals surface area contributed by atoms with Crippen LogP contribution in [-0.4, -0.2) is 43.7 Å². The zero-order valence-electron chi connectivity index (χ0n) is 10.8. The Hall–Kier alpha value is 0.0200. The average molecular weight is 350 g/mol. The first-order chi connectivity index (χ1) is 9.24. The summed E-state index contributed by atoms with van der Waals surface area (Å²) in [5.41, 5.74) is 0. The highest BCUT2D eigenvalue weighted by Gasteiger charge is 2.16. The van der Waals surface area contributed by atoms with Crippen molar-refractivity contribution in [1.82, 2.24) is 5.32 Å². The van der Waals surface area contributed by atoms with Crippen LogP contribution in [0.2, 0.25) is 0 Å². The maximum atomic E-state index is 9.77. The Balaban J connectivity index is 1.50. The summed E-state index contributed by atoms with van der Waals surface area (Å²) in [6.45, 7) is 3.12. The maximum Gasteiger partial charge on any atom is 0.0897 e. The van der Waals surface area contributed by atoms with Crippen molar-refractivity contribution >= 4 is 27.3 Å². The molecule has 1 aromatic heterocycles. The summed E-state index contributed by atoms with van der Waals surface area (Å²) < 4.78 is 12.0. The van der Waals surface area contributed by atoms with Gasteiger partial charge in [0.15, 0.2) is 0 Å². The van der Waals surface area contributed by atoms with Gasteiger partial charge in [0.25, 0.3) is 0 Å². The molecule has 0 radical (unpaired) electrons. The summed E-state index contributed by atoms with van der Waals surface area (Å²) in [5.74, 6) is 0. The minimum absolute atomic E-state index is 0.226. The number of rotatable bonds is 8. The van der Waals surface area contributed by atoms with Crippen molar-refractivity contribution < 1.29 is 14.6 Å². The molecular weight excluding hydrogens is 330 g/mol. The highest BCUT2D eigenvalue weighted by Crippen LogP contribution is 2.21. The lowest BCUT2D eigenvalue weighted by Gasteiger charge is -2.14. The van der Waals surface area contributed by atoms with Crippen molar-refractivity contribution in [2.75, 3.05) is 26.4 Å². The first-order valence-corrected chi connectivity index (χ1v) is 8.17. The Morgan fingerprint density at radius 3 is 3.16 bits per heavy atom. The monoisotopic (exact) mass is 349 g/mol. The Kier molecular flexibility index (Phi) is 6.76. The fraction of sp³-hybridized carbons (Fsp3) is 0.692. The Bertz CT molecular complexity index is 369. The number of aliphatic hydroxyl groups excluding tert-OH is 1. The maximum absolute atomic E-state index is 9.77. The molecule has 108 valence electrons. The van der Waals surface area contributed by atoms with Crippen molar-refractivity contribution in [3.8, 4) is 0 Å². The van der Waals surface area contributed by atoms with Crippen LogP contribution >= 0.6 is 27.3 Å². The van der Waals surface area contributed by atoms with Gasteiger partial charge in [-0.25, -0.2) is 0 Å². The molecule has 1 aromatic rings. The third-order valence-corrected chi connectivity index (χ3v) is 4.57. The molecule has 2 rings (SSSR count). The van der Waals surface area contributed by atoms with E-state index in [2.05, 4.69) is 27.3 Å². The molecule has 1 saturated heterocycles. The molecule has 2 N–H and O–H groups in total. The first kappa shape index (κ1) is 15.4. The van der Waals surface area contributed by atoms with E-state index in [1.54, 1.807) is 11.3 Å². The molecule has 0 aliphatic carbocycles. The summed E-state index contributed by atoms with van der Waals surface area (Å²) in [4.78, 5) is 1.25. The van der Waals surface area contributed by atoms with Crippen molar-refractivity contribution in [3.05, 3.63) is 20.8 Å². The number of nitrogens with one attached hydrogen (secondary N) is 1. The highest BCUT2D eigenvalue weighted by atomic mass is 79.9. The van der Waals surface area contributed by atoms with Gasteiger partial charge in [-0.1, -0.05) is 0 Å². The van der Waals surface area contributed by atoms with Gasteiger partial charge in [-0.2, -0.15) is 0 Å². The van der Waals surface area contributed by atoms with Gasteiger partial charge in [0.2, 0.25) is 0 Å². The highest BCUT2D eigenvalue weighted by molar-refractivity contribution is 9.11. The summed E-state index contributed by atoms with van der Waals surface area (Å²) >= 11 is 5.13. The third kappa shape index (κ3) is 5.89. The van der Waals surface area contributed by atoms with Gasteiger partial charge >= 0.3 is 0 Å². The fourth-order valence-electron chi connectivity index (χ4n) is 1.98. The average Bonchev–Trinajstić information content (AvgIpc) is 3.01. The van der Waals surface area contributed by atoms with Gasteiger partial charge in [-0.05, 0) is 40.9 Å². The third-order valence-electron chi connectivity index (χ3n) is 2.95. The summed E-state index contributed by atoms with van der Waals surface area (Å²) in [5, 5.41) is 13.0. The van der Waals surface area contributed by atoms with E-state index in [1.807, 2.05) is 6.07 Å². The molecule has 1 aliphatic rings. The second-order valence-corrected chi connectivity index (χ2v) is 7.21. The largest absolute Gasteiger partial charge is 0.389 e. The summed E-state index contributed by atoms with van der Waals surface area (Å²) in [6, 6.07) is 4.10. The predicted octanol–water partition coefficient (Wildman–Crippen LogP) is 2.16. The fourth-order valence-corrected chi connectivity index (χ4v) is 3.43. The SMILES string of the molecule is OC(CNCc1ccc(Br)s1)COCC1CCCO1. The van der Waals surface area contributed by atoms with Crippen LogP contribution in [0.4, 0.5) is 0 Å². The lowest BCUT2D eigenvalue weighted by atomic mass is 10.2. The van der Waals surface area contributed by atoms with Gasteiger partial charge in [0.05, 0.1) is 29.2 Å². The Morgan fingerprint density at radius 2 is 2.47 bits per heavy atom. The Morgan fingerprint density at radius 1 is 1.58 bits per heavy atom. The molecule has 2 unspecified atom stereocenters. The van der Waals surface area contributed by atoms with Gasteiger partial charge in [0, 0.05) is 24.6 Å². The smallest absolute Gasteiger partial charge is 0.0897 e. The predicted molar refractivity (Wildman–Crippen MR) is 79.5 cm³/mol. The van der Waals surface area contributed by atoms with E-state index in [1.165, 1.54) is 4.88 Å². The van der Waals surface area contributed by atoms with Crippen LogP contribution in [0.5, 0.6) is 0 Å². The molecule has 0 bridgehead atoms. The number of hydrogen-bond donors (Lipinski definition) is 2. The van der Waals surface area contributed by atoms with Crippen LogP contribution in [0.25, 0.3) is 0 Å². The topological polar surface area (TPSA) is 50.7 Å². The number of thiophene rings is 1. The molecule has 6 heteroatoms. The van der Waals surface area contributed by atoms with E-state index in [0.29, 0.717) is 19.8 Å². The zero-order chi connectivity index (χ0) is 13.5. The molecule has 0 spiro atoms. The molecule has 2 atom stereocenters. The van der Waals surface area contributed by atoms with Crippen LogP contribution in [-0.2, 0) is 16.0 Å². The second-order valence-electron chi connectivity index (χ2n) is 4.66. The van der Waals surface area contributed by atoms with E-state index in [0.717, 1.165) is 29.8 Å². The number of halogens is 1. The van der Waals surface area contributed by atoms with Crippen LogP contribution in [0.1, 0.15) is 17.7 Å². The molecule has 19 heavy (non-hydrogen) atoms. The van der Waals surface area contributed by atoms with Gasteiger partial charge in [-0.3, -0.25) is 0 Å². The molecular formula is C13H20BrNO3S. The standard InChI is InChI=1S/C13H20BrNO3S/c14-13-4-3-12(19-13)7-15-6-10(16)8-17-9-11-2-1-5-18-11/h3-4,10-11,15-16H,1-2,5-9H2. The van der Waals surface area contributed by atoms with E-state index < -0.39 is 6.10 Å². The van der Waals surface area contributed by atoms with E-state index in [-0.39, 0.29) is 6.10 Å². The first-order valence-electron chi connectivity index (χ1n) is 6.56. The summed E-state index contributed by atoms with van der Waals surface area (Å²) in [7, 11) is 0. The van der Waals surface area contributed by atoms with Crippen LogP contribution in [0.15, 0.2) is 15.9 Å². The minimum atomic E-state index is -0.468. The Labute approximate surface area is 126 Å². The molecule has 0 amide bonds. The van der Waals surface area contributed by atoms with Crippen molar-refractivity contribution in [2.45, 2.75) is 31.6 Å². The number of aliphatic hydroxyl groups is 1. The van der Waals surface area contributed by atoms with E-state index in [9.17, 15) is 5.11 Å². The molecule has 1 aliphatic heterocycles. The number of ether oxygens (including phenoxy) is 2. The lowest BCUT2D eigenvalue weighted by Crippen LogP contribution is -2.31.